The van der Waals surface area contributed by atoms with Crippen LogP contribution in [0.25, 0.3) is 0 Å². The van der Waals surface area contributed by atoms with Crippen LogP contribution in [0.2, 0.25) is 0 Å². The molecular weight excluding hydrogens is 214 g/mol. The predicted molar refractivity (Wildman–Crippen MR) is 67.5 cm³/mol. The first-order chi connectivity index (χ1) is 8.29. The number of allylic oxidation sites excluding steroid dienone is 1. The first-order valence-corrected chi connectivity index (χ1v) is 6.87. The zero-order valence-corrected chi connectivity index (χ0v) is 10.5. The van der Waals surface area contributed by atoms with Crippen LogP contribution in [0.5, 0.6) is 0 Å². The lowest BCUT2D eigenvalue weighted by Crippen LogP contribution is -2.38. The van der Waals surface area contributed by atoms with Gasteiger partial charge < -0.3 is 10.4 Å². The van der Waals surface area contributed by atoms with E-state index < -0.39 is 0 Å². The number of carbonyl (C=O) groups excluding carboxylic acids is 1. The Morgan fingerprint density at radius 3 is 2.94 bits per heavy atom. The number of hydrogen-bond donors (Lipinski definition) is 2. The van der Waals surface area contributed by atoms with E-state index in [9.17, 15) is 9.90 Å². The van der Waals surface area contributed by atoms with Crippen molar-refractivity contribution in [3.63, 3.8) is 0 Å². The fourth-order valence-electron chi connectivity index (χ4n) is 2.97. The standard InChI is InChI=1S/C14H23NO2/c16-10-12-7-4-8-13(12)15-14(17)9-11-5-2-1-3-6-11/h5,12-13,16H,1-4,6-10H2,(H,15,17). The molecule has 3 heteroatoms. The Kier molecular flexibility index (Phi) is 4.60. The second kappa shape index (κ2) is 6.20. The molecule has 2 aliphatic carbocycles. The first kappa shape index (κ1) is 12.6. The molecule has 0 saturated heterocycles. The highest BCUT2D eigenvalue weighted by Crippen LogP contribution is 2.26. The van der Waals surface area contributed by atoms with Gasteiger partial charge in [-0.15, -0.1) is 0 Å². The number of carbonyl (C=O) groups is 1. The molecule has 3 nitrogen and oxygen atoms in total. The number of aliphatic hydroxyl groups is 1. The summed E-state index contributed by atoms with van der Waals surface area (Å²) in [7, 11) is 0. The van der Waals surface area contributed by atoms with Crippen LogP contribution >= 0.6 is 0 Å². The second-order valence-electron chi connectivity index (χ2n) is 5.33. The van der Waals surface area contributed by atoms with E-state index in [0.29, 0.717) is 6.42 Å². The van der Waals surface area contributed by atoms with E-state index in [1.807, 2.05) is 0 Å². The number of hydrogen-bond acceptors (Lipinski definition) is 2. The van der Waals surface area contributed by atoms with E-state index in [-0.39, 0.29) is 24.5 Å². The molecule has 0 aliphatic heterocycles. The van der Waals surface area contributed by atoms with E-state index >= 15 is 0 Å². The van der Waals surface area contributed by atoms with Crippen LogP contribution in [0.1, 0.15) is 51.4 Å². The maximum atomic E-state index is 11.9. The molecule has 2 atom stereocenters. The highest BCUT2D eigenvalue weighted by Gasteiger charge is 2.27. The molecule has 2 unspecified atom stereocenters. The fourth-order valence-corrected chi connectivity index (χ4v) is 2.97. The summed E-state index contributed by atoms with van der Waals surface area (Å²) in [5.74, 6) is 0.419. The van der Waals surface area contributed by atoms with Crippen LogP contribution in [-0.2, 0) is 4.79 Å². The molecule has 2 rings (SSSR count). The van der Waals surface area contributed by atoms with E-state index in [0.717, 1.165) is 32.1 Å². The minimum atomic E-state index is 0.142. The molecule has 0 aromatic heterocycles. The van der Waals surface area contributed by atoms with Crippen LogP contribution in [-0.4, -0.2) is 23.7 Å². The van der Waals surface area contributed by atoms with Gasteiger partial charge in [-0.25, -0.2) is 0 Å². The van der Waals surface area contributed by atoms with Crippen LogP contribution in [0.3, 0.4) is 0 Å². The van der Waals surface area contributed by atoms with Gasteiger partial charge in [0.25, 0.3) is 0 Å². The molecule has 96 valence electrons. The van der Waals surface area contributed by atoms with Crippen molar-refractivity contribution in [1.82, 2.24) is 5.32 Å². The summed E-state index contributed by atoms with van der Waals surface area (Å²) in [5, 5.41) is 12.3. The van der Waals surface area contributed by atoms with E-state index in [1.165, 1.54) is 18.4 Å². The molecule has 1 amide bonds. The third-order valence-corrected chi connectivity index (χ3v) is 4.01. The molecule has 0 aromatic carbocycles. The summed E-state index contributed by atoms with van der Waals surface area (Å²) in [6.07, 6.45) is 10.7. The van der Waals surface area contributed by atoms with Crippen molar-refractivity contribution in [2.75, 3.05) is 6.61 Å². The van der Waals surface area contributed by atoms with Gasteiger partial charge in [-0.1, -0.05) is 18.1 Å². The number of rotatable bonds is 4. The predicted octanol–water partition coefficient (Wildman–Crippen LogP) is 2.15. The summed E-state index contributed by atoms with van der Waals surface area (Å²) in [6.45, 7) is 0.202. The molecule has 2 aliphatic rings. The summed E-state index contributed by atoms with van der Waals surface area (Å²) in [4.78, 5) is 11.9. The van der Waals surface area contributed by atoms with E-state index in [4.69, 9.17) is 0 Å². The monoisotopic (exact) mass is 237 g/mol. The Labute approximate surface area is 103 Å². The van der Waals surface area contributed by atoms with Gasteiger partial charge in [0, 0.05) is 25.0 Å². The third-order valence-electron chi connectivity index (χ3n) is 4.01. The van der Waals surface area contributed by atoms with Crippen LogP contribution in [0, 0.1) is 5.92 Å². The topological polar surface area (TPSA) is 49.3 Å². The normalized spacial score (nSPS) is 28.9. The molecule has 0 spiro atoms. The van der Waals surface area contributed by atoms with Gasteiger partial charge in [-0.3, -0.25) is 4.79 Å². The Hall–Kier alpha value is -0.830. The quantitative estimate of drug-likeness (QED) is 0.736. The minimum absolute atomic E-state index is 0.142. The first-order valence-electron chi connectivity index (χ1n) is 6.87. The summed E-state index contributed by atoms with van der Waals surface area (Å²) < 4.78 is 0. The molecule has 0 radical (unpaired) electrons. The lowest BCUT2D eigenvalue weighted by molar-refractivity contribution is -0.121. The van der Waals surface area contributed by atoms with Gasteiger partial charge in [0.05, 0.1) is 0 Å². The number of nitrogens with one attached hydrogen (secondary N) is 1. The molecule has 0 bridgehead atoms. The minimum Gasteiger partial charge on any atom is -0.396 e. The molecule has 17 heavy (non-hydrogen) atoms. The van der Waals surface area contributed by atoms with Crippen LogP contribution in [0.15, 0.2) is 11.6 Å². The average molecular weight is 237 g/mol. The highest BCUT2D eigenvalue weighted by molar-refractivity contribution is 5.78. The van der Waals surface area contributed by atoms with Crippen molar-refractivity contribution >= 4 is 5.91 Å². The van der Waals surface area contributed by atoms with Crippen molar-refractivity contribution in [2.45, 2.75) is 57.4 Å². The van der Waals surface area contributed by atoms with Gasteiger partial charge >= 0.3 is 0 Å². The molecule has 0 heterocycles. The Morgan fingerprint density at radius 2 is 2.24 bits per heavy atom. The average Bonchev–Trinajstić information content (AvgIpc) is 2.77. The molecule has 1 fully saturated rings. The van der Waals surface area contributed by atoms with Gasteiger partial charge in [-0.2, -0.15) is 0 Å². The Morgan fingerprint density at radius 1 is 1.35 bits per heavy atom. The second-order valence-corrected chi connectivity index (χ2v) is 5.33. The maximum absolute atomic E-state index is 11.9. The Balaban J connectivity index is 1.78. The van der Waals surface area contributed by atoms with Crippen molar-refractivity contribution in [1.29, 1.82) is 0 Å². The van der Waals surface area contributed by atoms with Crippen molar-refractivity contribution < 1.29 is 9.90 Å². The van der Waals surface area contributed by atoms with Crippen molar-refractivity contribution in [2.24, 2.45) is 5.92 Å². The molecular formula is C14H23NO2. The SMILES string of the molecule is O=C(CC1=CCCCC1)NC1CCCC1CO. The van der Waals surface area contributed by atoms with Gasteiger partial charge in [0.2, 0.25) is 5.91 Å². The smallest absolute Gasteiger partial charge is 0.224 e. The lowest BCUT2D eigenvalue weighted by atomic mass is 9.96. The largest absolute Gasteiger partial charge is 0.396 e. The fraction of sp³-hybridized carbons (Fsp3) is 0.786. The highest BCUT2D eigenvalue weighted by atomic mass is 16.3. The lowest BCUT2D eigenvalue weighted by Gasteiger charge is -2.20. The molecule has 1 saturated carbocycles. The summed E-state index contributed by atoms with van der Waals surface area (Å²) in [5.41, 5.74) is 1.30. The molecule has 0 aromatic rings. The van der Waals surface area contributed by atoms with Crippen molar-refractivity contribution in [3.8, 4) is 0 Å². The van der Waals surface area contributed by atoms with E-state index in [1.54, 1.807) is 0 Å². The van der Waals surface area contributed by atoms with Gasteiger partial charge in [-0.05, 0) is 38.5 Å². The third kappa shape index (κ3) is 3.56. The molecule has 2 N–H and O–H groups in total. The van der Waals surface area contributed by atoms with Crippen molar-refractivity contribution in [3.05, 3.63) is 11.6 Å². The van der Waals surface area contributed by atoms with Crippen LogP contribution < -0.4 is 5.32 Å². The summed E-state index contributed by atoms with van der Waals surface area (Å²) in [6, 6.07) is 0.205. The Bertz CT molecular complexity index is 299. The number of aliphatic hydroxyl groups excluding tert-OH is 1. The van der Waals surface area contributed by atoms with Crippen LogP contribution in [0.4, 0.5) is 0 Å². The number of amides is 1. The maximum Gasteiger partial charge on any atom is 0.224 e. The van der Waals surface area contributed by atoms with E-state index in [2.05, 4.69) is 11.4 Å². The zero-order chi connectivity index (χ0) is 12.1. The summed E-state index contributed by atoms with van der Waals surface area (Å²) >= 11 is 0. The zero-order valence-electron chi connectivity index (χ0n) is 10.5. The van der Waals surface area contributed by atoms with Gasteiger partial charge in [0.15, 0.2) is 0 Å². The van der Waals surface area contributed by atoms with Gasteiger partial charge in [0.1, 0.15) is 0 Å².